The lowest BCUT2D eigenvalue weighted by Gasteiger charge is -2.20. The monoisotopic (exact) mass is 305 g/mol. The van der Waals surface area contributed by atoms with Gasteiger partial charge in [-0.1, -0.05) is 0 Å². The average molecular weight is 305 g/mol. The van der Waals surface area contributed by atoms with E-state index in [9.17, 15) is 17.1 Å². The summed E-state index contributed by atoms with van der Waals surface area (Å²) in [6.45, 7) is 5.09. The van der Waals surface area contributed by atoms with Crippen LogP contribution < -0.4 is 10.1 Å². The second kappa shape index (κ2) is 5.66. The van der Waals surface area contributed by atoms with Gasteiger partial charge in [-0.15, -0.1) is 3.89 Å². The molecule has 0 saturated carbocycles. The van der Waals surface area contributed by atoms with E-state index < -0.39 is 26.8 Å². The zero-order valence-electron chi connectivity index (χ0n) is 11.6. The van der Waals surface area contributed by atoms with E-state index in [1.807, 2.05) is 0 Å². The number of hydrogen-bond acceptors (Lipinski definition) is 5. The Balaban J connectivity index is 3.00. The summed E-state index contributed by atoms with van der Waals surface area (Å²) in [6.07, 6.45) is -0.730. The Morgan fingerprint density at radius 2 is 1.90 bits per heavy atom. The number of ether oxygens (including phenoxy) is 2. The summed E-state index contributed by atoms with van der Waals surface area (Å²) in [5, 5.41) is 2.39. The van der Waals surface area contributed by atoms with Crippen LogP contribution in [0.15, 0.2) is 23.1 Å². The molecule has 0 aromatic heterocycles. The number of benzene rings is 1. The van der Waals surface area contributed by atoms with Crippen LogP contribution >= 0.6 is 0 Å². The predicted molar refractivity (Wildman–Crippen MR) is 71.1 cm³/mol. The number of hydrogen-bond donors (Lipinski definition) is 1. The first-order chi connectivity index (χ1) is 9.03. The third kappa shape index (κ3) is 4.69. The van der Waals surface area contributed by atoms with Crippen LogP contribution in [0, 0.1) is 0 Å². The summed E-state index contributed by atoms with van der Waals surface area (Å²) in [6, 6.07) is 3.21. The van der Waals surface area contributed by atoms with Gasteiger partial charge in [0.25, 0.3) is 0 Å². The SMILES string of the molecule is COc1cc(S(=O)(=O)F)ccc1NC(=O)OC(C)(C)C. The Hall–Kier alpha value is -1.83. The molecule has 1 amide bonds. The summed E-state index contributed by atoms with van der Waals surface area (Å²) >= 11 is 0. The fourth-order valence-corrected chi connectivity index (χ4v) is 1.82. The van der Waals surface area contributed by atoms with Gasteiger partial charge in [-0.3, -0.25) is 5.32 Å². The molecule has 0 spiro atoms. The van der Waals surface area contributed by atoms with Gasteiger partial charge < -0.3 is 9.47 Å². The minimum Gasteiger partial charge on any atom is -0.495 e. The largest absolute Gasteiger partial charge is 0.495 e. The molecule has 1 aromatic rings. The van der Waals surface area contributed by atoms with Crippen molar-refractivity contribution in [3.05, 3.63) is 18.2 Å². The fraction of sp³-hybridized carbons (Fsp3) is 0.417. The van der Waals surface area contributed by atoms with Crippen molar-refractivity contribution in [2.45, 2.75) is 31.3 Å². The molecule has 8 heteroatoms. The number of rotatable bonds is 3. The van der Waals surface area contributed by atoms with Crippen molar-refractivity contribution in [1.82, 2.24) is 0 Å². The molecule has 0 unspecified atom stereocenters. The molecule has 0 aliphatic heterocycles. The average Bonchev–Trinajstić information content (AvgIpc) is 2.25. The van der Waals surface area contributed by atoms with Crippen molar-refractivity contribution in [2.75, 3.05) is 12.4 Å². The number of carbonyl (C=O) groups excluding carboxylic acids is 1. The summed E-state index contributed by atoms with van der Waals surface area (Å²) < 4.78 is 44.4. The van der Waals surface area contributed by atoms with Crippen LogP contribution in [0.1, 0.15) is 20.8 Å². The first kappa shape index (κ1) is 16.2. The molecule has 0 atom stereocenters. The van der Waals surface area contributed by atoms with Crippen LogP contribution in [0.4, 0.5) is 14.4 Å². The van der Waals surface area contributed by atoms with Gasteiger partial charge in [-0.2, -0.15) is 8.42 Å². The topological polar surface area (TPSA) is 81.7 Å². The second-order valence-corrected chi connectivity index (χ2v) is 6.27. The van der Waals surface area contributed by atoms with Crippen molar-refractivity contribution in [2.24, 2.45) is 0 Å². The Labute approximate surface area is 117 Å². The molecule has 0 aliphatic rings. The molecule has 0 fully saturated rings. The molecule has 0 heterocycles. The maximum Gasteiger partial charge on any atom is 0.412 e. The van der Waals surface area contributed by atoms with Gasteiger partial charge in [-0.05, 0) is 32.9 Å². The Kier molecular flexibility index (Phi) is 4.59. The number of halogens is 1. The Morgan fingerprint density at radius 1 is 1.30 bits per heavy atom. The van der Waals surface area contributed by atoms with Crippen molar-refractivity contribution < 1.29 is 26.6 Å². The van der Waals surface area contributed by atoms with Crippen LogP contribution in [0.5, 0.6) is 5.75 Å². The van der Waals surface area contributed by atoms with Crippen LogP contribution in [0.3, 0.4) is 0 Å². The van der Waals surface area contributed by atoms with Crippen molar-refractivity contribution >= 4 is 22.0 Å². The van der Waals surface area contributed by atoms with Crippen LogP contribution in [0.2, 0.25) is 0 Å². The highest BCUT2D eigenvalue weighted by molar-refractivity contribution is 7.86. The van der Waals surface area contributed by atoms with E-state index in [2.05, 4.69) is 5.32 Å². The Morgan fingerprint density at radius 3 is 2.35 bits per heavy atom. The number of methoxy groups -OCH3 is 1. The molecule has 0 aliphatic carbocycles. The number of nitrogens with one attached hydrogen (secondary N) is 1. The van der Waals surface area contributed by atoms with Gasteiger partial charge in [0.15, 0.2) is 0 Å². The first-order valence-corrected chi connectivity index (χ1v) is 7.04. The summed E-state index contributed by atoms with van der Waals surface area (Å²) in [4.78, 5) is 11.0. The van der Waals surface area contributed by atoms with Gasteiger partial charge >= 0.3 is 16.3 Å². The second-order valence-electron chi connectivity index (χ2n) is 4.93. The lowest BCUT2D eigenvalue weighted by molar-refractivity contribution is 0.0635. The zero-order chi connectivity index (χ0) is 15.6. The maximum absolute atomic E-state index is 12.9. The molecular weight excluding hydrogens is 289 g/mol. The maximum atomic E-state index is 12.9. The quantitative estimate of drug-likeness (QED) is 0.868. The third-order valence-corrected chi connectivity index (χ3v) is 2.91. The van der Waals surface area contributed by atoms with Gasteiger partial charge in [0, 0.05) is 6.07 Å². The highest BCUT2D eigenvalue weighted by Gasteiger charge is 2.19. The fourth-order valence-electron chi connectivity index (χ4n) is 1.34. The Bertz CT molecular complexity index is 607. The van der Waals surface area contributed by atoms with E-state index in [0.717, 1.165) is 12.1 Å². The first-order valence-electron chi connectivity index (χ1n) is 5.65. The van der Waals surface area contributed by atoms with Gasteiger partial charge in [-0.25, -0.2) is 4.79 Å². The predicted octanol–water partition coefficient (Wildman–Crippen LogP) is 2.70. The number of carbonyl (C=O) groups is 1. The highest BCUT2D eigenvalue weighted by Crippen LogP contribution is 2.28. The van der Waals surface area contributed by atoms with E-state index in [1.54, 1.807) is 20.8 Å². The molecule has 20 heavy (non-hydrogen) atoms. The lowest BCUT2D eigenvalue weighted by atomic mass is 10.2. The van der Waals surface area contributed by atoms with Crippen molar-refractivity contribution in [3.63, 3.8) is 0 Å². The molecule has 1 N–H and O–H groups in total. The molecule has 6 nitrogen and oxygen atoms in total. The molecule has 0 bridgehead atoms. The zero-order valence-corrected chi connectivity index (χ0v) is 12.4. The summed E-state index contributed by atoms with van der Waals surface area (Å²) in [5.74, 6) is 0.00887. The van der Waals surface area contributed by atoms with Gasteiger partial charge in [0.2, 0.25) is 0 Å². The van der Waals surface area contributed by atoms with E-state index in [-0.39, 0.29) is 11.4 Å². The van der Waals surface area contributed by atoms with E-state index in [1.165, 1.54) is 13.2 Å². The van der Waals surface area contributed by atoms with Crippen LogP contribution in [0.25, 0.3) is 0 Å². The van der Waals surface area contributed by atoms with Crippen molar-refractivity contribution in [3.8, 4) is 5.75 Å². The molecule has 0 radical (unpaired) electrons. The summed E-state index contributed by atoms with van der Waals surface area (Å²) in [5.41, 5.74) is -0.506. The number of anilines is 1. The van der Waals surface area contributed by atoms with E-state index in [4.69, 9.17) is 9.47 Å². The third-order valence-electron chi connectivity index (χ3n) is 2.09. The lowest BCUT2D eigenvalue weighted by Crippen LogP contribution is -2.27. The number of amides is 1. The minimum absolute atomic E-state index is 0.00887. The smallest absolute Gasteiger partial charge is 0.412 e. The molecule has 0 saturated heterocycles. The van der Waals surface area contributed by atoms with E-state index in [0.29, 0.717) is 0 Å². The molecular formula is C12H16FNO5S. The highest BCUT2D eigenvalue weighted by atomic mass is 32.3. The molecule has 1 rings (SSSR count). The minimum atomic E-state index is -4.83. The van der Waals surface area contributed by atoms with Gasteiger partial charge in [0.05, 0.1) is 12.8 Å². The van der Waals surface area contributed by atoms with E-state index >= 15 is 0 Å². The standard InChI is InChI=1S/C12H16FNO5S/c1-12(2,3)19-11(15)14-9-6-5-8(20(13,16)17)7-10(9)18-4/h5-7H,1-4H3,(H,14,15). The molecule has 1 aromatic carbocycles. The summed E-state index contributed by atoms with van der Waals surface area (Å²) in [7, 11) is -3.57. The molecule has 112 valence electrons. The van der Waals surface area contributed by atoms with Crippen LogP contribution in [-0.4, -0.2) is 27.2 Å². The van der Waals surface area contributed by atoms with Gasteiger partial charge in [0.1, 0.15) is 16.2 Å². The normalized spacial score (nSPS) is 11.8. The van der Waals surface area contributed by atoms with Crippen LogP contribution in [-0.2, 0) is 15.0 Å². The van der Waals surface area contributed by atoms with Crippen molar-refractivity contribution in [1.29, 1.82) is 0 Å².